The third kappa shape index (κ3) is 4.30. The molecule has 0 radical (unpaired) electrons. The first-order valence-corrected chi connectivity index (χ1v) is 10.0. The van der Waals surface area contributed by atoms with Crippen molar-refractivity contribution < 1.29 is 11.3 Å². The summed E-state index contributed by atoms with van der Waals surface area (Å²) in [5, 5.41) is 0. The van der Waals surface area contributed by atoms with E-state index in [1.54, 1.807) is 0 Å². The van der Waals surface area contributed by atoms with Crippen LogP contribution in [0.3, 0.4) is 0 Å². The number of hydrogen-bond donors (Lipinski definition) is 0. The Balaban J connectivity index is 1.75. The molecule has 0 unspecified atom stereocenters. The van der Waals surface area contributed by atoms with Crippen LogP contribution in [-0.4, -0.2) is 15.4 Å². The van der Waals surface area contributed by atoms with Gasteiger partial charge in [-0.25, -0.2) is 0 Å². The summed E-state index contributed by atoms with van der Waals surface area (Å²) in [5.41, 5.74) is 0. The van der Waals surface area contributed by atoms with Gasteiger partial charge in [0, 0.05) is 0 Å². The second-order valence-corrected chi connectivity index (χ2v) is 7.28. The van der Waals surface area contributed by atoms with Gasteiger partial charge in [-0.15, -0.1) is 0 Å². The molecule has 3 rings (SSSR count). The minimum absolute atomic E-state index is 0.763. The Kier molecular flexibility index (Phi) is 5.00. The van der Waals surface area contributed by atoms with Crippen molar-refractivity contribution in [2.24, 2.45) is 0 Å². The van der Waals surface area contributed by atoms with Crippen LogP contribution in [0.25, 0.3) is 0 Å². The molecule has 3 aromatic carbocycles. The van der Waals surface area contributed by atoms with Gasteiger partial charge in [-0.3, -0.25) is 0 Å². The van der Waals surface area contributed by atoms with E-state index in [9.17, 15) is 0 Å². The summed E-state index contributed by atoms with van der Waals surface area (Å²) in [6.07, 6.45) is 0. The van der Waals surface area contributed by atoms with Crippen molar-refractivity contribution in [3.05, 3.63) is 91.0 Å². The summed E-state index contributed by atoms with van der Waals surface area (Å²) in [4.78, 5) is 0. The fourth-order valence-electron chi connectivity index (χ4n) is 1.90. The van der Waals surface area contributed by atoms with Crippen LogP contribution in [0.5, 0.6) is 17.2 Å². The van der Waals surface area contributed by atoms with Gasteiger partial charge in [0.05, 0.1) is 0 Å². The SMILES string of the molecule is c1ccc([O][GeH]([O]c2ccccc2)[O]c2ccccc2)cc1. The van der Waals surface area contributed by atoms with Crippen molar-refractivity contribution in [3.63, 3.8) is 0 Å². The first-order chi connectivity index (χ1) is 10.9. The van der Waals surface area contributed by atoms with Gasteiger partial charge in [0.2, 0.25) is 0 Å². The van der Waals surface area contributed by atoms with Crippen molar-refractivity contribution in [2.75, 3.05) is 0 Å². The summed E-state index contributed by atoms with van der Waals surface area (Å²) in [6.45, 7) is 0. The molecule has 22 heavy (non-hydrogen) atoms. The molecule has 0 saturated heterocycles. The zero-order chi connectivity index (χ0) is 15.0. The molecular weight excluding hydrogens is 337 g/mol. The fraction of sp³-hybridized carbons (Fsp3) is 0. The van der Waals surface area contributed by atoms with Crippen LogP contribution in [0.4, 0.5) is 0 Å². The Labute approximate surface area is 135 Å². The standard InChI is InChI=1S/C18H16GeO3/c1-4-10-16(11-5-1)20-19(21-17-12-6-2-7-13-17)22-18-14-8-3-9-15-18/h1-15,19H. The molecule has 0 aliphatic rings. The number of benzene rings is 3. The third-order valence-electron chi connectivity index (χ3n) is 2.93. The van der Waals surface area contributed by atoms with Crippen LogP contribution in [0.2, 0.25) is 0 Å². The normalized spacial score (nSPS) is 10.2. The Bertz CT molecular complexity index is 576. The summed E-state index contributed by atoms with van der Waals surface area (Å²) >= 11 is -2.95. The van der Waals surface area contributed by atoms with E-state index >= 15 is 0 Å². The van der Waals surface area contributed by atoms with Gasteiger partial charge < -0.3 is 0 Å². The van der Waals surface area contributed by atoms with Crippen molar-refractivity contribution >= 4 is 15.4 Å². The van der Waals surface area contributed by atoms with Gasteiger partial charge in [0.25, 0.3) is 0 Å². The van der Waals surface area contributed by atoms with Crippen LogP contribution in [0.15, 0.2) is 91.0 Å². The number of para-hydroxylation sites is 3. The minimum atomic E-state index is -2.95. The molecule has 0 saturated carbocycles. The molecule has 0 spiro atoms. The van der Waals surface area contributed by atoms with Crippen molar-refractivity contribution in [2.45, 2.75) is 0 Å². The Morgan fingerprint density at radius 3 is 0.955 bits per heavy atom. The zero-order valence-corrected chi connectivity index (χ0v) is 14.4. The fourth-order valence-corrected chi connectivity index (χ4v) is 4.59. The predicted octanol–water partition coefficient (Wildman–Crippen LogP) is 3.94. The average Bonchev–Trinajstić information content (AvgIpc) is 2.57. The first-order valence-electron chi connectivity index (χ1n) is 7.05. The van der Waals surface area contributed by atoms with Gasteiger partial charge in [-0.05, 0) is 0 Å². The van der Waals surface area contributed by atoms with Gasteiger partial charge in [-0.2, -0.15) is 0 Å². The Hall–Kier alpha value is -2.40. The number of hydrogen-bond acceptors (Lipinski definition) is 3. The quantitative estimate of drug-likeness (QED) is 0.629. The molecule has 4 heteroatoms. The molecule has 0 bridgehead atoms. The van der Waals surface area contributed by atoms with E-state index in [0.717, 1.165) is 17.2 Å². The van der Waals surface area contributed by atoms with E-state index < -0.39 is 15.4 Å². The summed E-state index contributed by atoms with van der Waals surface area (Å²) < 4.78 is 17.9. The number of rotatable bonds is 6. The van der Waals surface area contributed by atoms with Crippen LogP contribution < -0.4 is 11.3 Å². The monoisotopic (exact) mass is 354 g/mol. The molecule has 0 fully saturated rings. The molecule has 0 aliphatic heterocycles. The maximum atomic E-state index is 5.97. The average molecular weight is 353 g/mol. The van der Waals surface area contributed by atoms with Gasteiger partial charge >= 0.3 is 135 Å². The van der Waals surface area contributed by atoms with E-state index in [0.29, 0.717) is 0 Å². The van der Waals surface area contributed by atoms with Crippen LogP contribution >= 0.6 is 0 Å². The first kappa shape index (κ1) is 14.5. The van der Waals surface area contributed by atoms with Crippen molar-refractivity contribution in [3.8, 4) is 17.2 Å². The Morgan fingerprint density at radius 2 is 0.682 bits per heavy atom. The summed E-state index contributed by atoms with van der Waals surface area (Å²) in [6, 6.07) is 28.9. The predicted molar refractivity (Wildman–Crippen MR) is 88.4 cm³/mol. The van der Waals surface area contributed by atoms with Crippen LogP contribution in [0.1, 0.15) is 0 Å². The molecule has 3 aromatic rings. The van der Waals surface area contributed by atoms with Crippen molar-refractivity contribution in [1.82, 2.24) is 0 Å². The summed E-state index contributed by atoms with van der Waals surface area (Å²) in [5.74, 6) is 2.29. The topological polar surface area (TPSA) is 27.7 Å². The maximum absolute atomic E-state index is 5.97. The molecule has 0 N–H and O–H groups in total. The van der Waals surface area contributed by atoms with Gasteiger partial charge in [0.15, 0.2) is 0 Å². The third-order valence-corrected chi connectivity index (χ3v) is 5.85. The molecule has 110 valence electrons. The van der Waals surface area contributed by atoms with E-state index in [2.05, 4.69) is 0 Å². The van der Waals surface area contributed by atoms with Crippen LogP contribution in [-0.2, 0) is 0 Å². The molecule has 0 aliphatic carbocycles. The van der Waals surface area contributed by atoms with E-state index in [1.165, 1.54) is 0 Å². The molecule has 0 amide bonds. The summed E-state index contributed by atoms with van der Waals surface area (Å²) in [7, 11) is 0. The van der Waals surface area contributed by atoms with Crippen molar-refractivity contribution in [1.29, 1.82) is 0 Å². The second-order valence-electron chi connectivity index (χ2n) is 4.58. The molecule has 0 aromatic heterocycles. The Morgan fingerprint density at radius 1 is 0.409 bits per heavy atom. The van der Waals surface area contributed by atoms with E-state index in [-0.39, 0.29) is 0 Å². The molecule has 0 heterocycles. The van der Waals surface area contributed by atoms with Gasteiger partial charge in [0.1, 0.15) is 0 Å². The molecule has 3 nitrogen and oxygen atoms in total. The van der Waals surface area contributed by atoms with Gasteiger partial charge in [-0.1, -0.05) is 0 Å². The van der Waals surface area contributed by atoms with E-state index in [1.807, 2.05) is 91.0 Å². The molecule has 0 atom stereocenters. The van der Waals surface area contributed by atoms with E-state index in [4.69, 9.17) is 11.3 Å². The molecular formula is C18H16GeO3. The second kappa shape index (κ2) is 7.57. The van der Waals surface area contributed by atoms with Crippen LogP contribution in [0, 0.1) is 0 Å². The zero-order valence-electron chi connectivity index (χ0n) is 12.0.